The fourth-order valence-electron chi connectivity index (χ4n) is 2.98. The number of nitrogens with one attached hydrogen (secondary N) is 1. The Morgan fingerprint density at radius 2 is 2.06 bits per heavy atom. The summed E-state index contributed by atoms with van der Waals surface area (Å²) in [6, 6.07) is 5.49. The van der Waals surface area contributed by atoms with E-state index in [0.29, 0.717) is 11.3 Å². The van der Waals surface area contributed by atoms with Crippen LogP contribution in [0.4, 0.5) is 0 Å². The van der Waals surface area contributed by atoms with E-state index < -0.39 is 0 Å². The van der Waals surface area contributed by atoms with Crippen LogP contribution in [0.5, 0.6) is 0 Å². The van der Waals surface area contributed by atoms with Crippen molar-refractivity contribution in [3.05, 3.63) is 28.8 Å². The molecule has 1 heterocycles. The maximum atomic E-state index is 3.62. The predicted octanol–water partition coefficient (Wildman–Crippen LogP) is 3.32. The zero-order valence-electron chi connectivity index (χ0n) is 10.0. The maximum Gasteiger partial charge on any atom is 0.0452 e. The van der Waals surface area contributed by atoms with Crippen LogP contribution < -0.4 is 5.32 Å². The average Bonchev–Trinajstić information content (AvgIpc) is 2.81. The molecule has 2 atom stereocenters. The Morgan fingerprint density at radius 1 is 1.31 bits per heavy atom. The Morgan fingerprint density at radius 3 is 2.81 bits per heavy atom. The fourth-order valence-corrected chi connectivity index (χ4v) is 4.29. The van der Waals surface area contributed by atoms with Crippen LogP contribution in [-0.2, 0) is 12.8 Å². The summed E-state index contributed by atoms with van der Waals surface area (Å²) in [7, 11) is 0. The molecule has 3 rings (SSSR count). The second kappa shape index (κ2) is 4.08. The topological polar surface area (TPSA) is 12.0 Å². The Bertz CT molecular complexity index is 413. The molecule has 2 heteroatoms. The average molecular weight is 233 g/mol. The number of benzene rings is 1. The summed E-state index contributed by atoms with van der Waals surface area (Å²) in [6.07, 6.45) is 3.94. The highest BCUT2D eigenvalue weighted by molar-refractivity contribution is 8.00. The van der Waals surface area contributed by atoms with Crippen LogP contribution in [0.1, 0.15) is 43.0 Å². The largest absolute Gasteiger partial charge is 0.309 e. The molecule has 1 aromatic carbocycles. The molecule has 0 radical (unpaired) electrons. The molecule has 2 aliphatic rings. The third kappa shape index (κ3) is 1.59. The lowest BCUT2D eigenvalue weighted by Crippen LogP contribution is -2.25. The quantitative estimate of drug-likeness (QED) is 0.841. The molecule has 0 amide bonds. The number of hydrogen-bond acceptors (Lipinski definition) is 2. The highest BCUT2D eigenvalue weighted by atomic mass is 32.2. The second-order valence-corrected chi connectivity index (χ2v) is 6.29. The Balaban J connectivity index is 2.01. The predicted molar refractivity (Wildman–Crippen MR) is 70.2 cm³/mol. The lowest BCUT2D eigenvalue weighted by atomic mass is 9.99. The normalized spacial score (nSPS) is 26.9. The zero-order valence-corrected chi connectivity index (χ0v) is 10.9. The molecule has 1 N–H and O–H groups in total. The van der Waals surface area contributed by atoms with Gasteiger partial charge in [-0.3, -0.25) is 0 Å². The molecule has 1 aliphatic heterocycles. The van der Waals surface area contributed by atoms with E-state index in [0.717, 1.165) is 6.54 Å². The van der Waals surface area contributed by atoms with Crippen LogP contribution in [0.2, 0.25) is 0 Å². The van der Waals surface area contributed by atoms with Gasteiger partial charge >= 0.3 is 0 Å². The molecule has 0 saturated heterocycles. The molecule has 86 valence electrons. The number of fused-ring (bicyclic) bond motifs is 2. The van der Waals surface area contributed by atoms with Crippen molar-refractivity contribution in [1.29, 1.82) is 0 Å². The van der Waals surface area contributed by atoms with Gasteiger partial charge in [0, 0.05) is 16.2 Å². The van der Waals surface area contributed by atoms with Gasteiger partial charge in [0.05, 0.1) is 0 Å². The first-order valence-corrected chi connectivity index (χ1v) is 7.23. The van der Waals surface area contributed by atoms with Crippen molar-refractivity contribution >= 4 is 11.8 Å². The fraction of sp³-hybridized carbons (Fsp3) is 0.571. The molecule has 1 nitrogen and oxygen atoms in total. The first-order chi connectivity index (χ1) is 7.79. The van der Waals surface area contributed by atoms with Crippen molar-refractivity contribution in [2.45, 2.75) is 49.3 Å². The van der Waals surface area contributed by atoms with Crippen molar-refractivity contribution in [1.82, 2.24) is 5.32 Å². The molecule has 1 aliphatic carbocycles. The van der Waals surface area contributed by atoms with E-state index in [2.05, 4.69) is 31.3 Å². The first kappa shape index (κ1) is 10.7. The summed E-state index contributed by atoms with van der Waals surface area (Å²) in [6.45, 7) is 5.60. The number of hydrogen-bond donors (Lipinski definition) is 1. The van der Waals surface area contributed by atoms with Gasteiger partial charge in [0.2, 0.25) is 0 Å². The molecular weight excluding hydrogens is 214 g/mol. The Hall–Kier alpha value is -0.470. The third-order valence-electron chi connectivity index (χ3n) is 3.77. The minimum absolute atomic E-state index is 0.566. The highest BCUT2D eigenvalue weighted by Crippen LogP contribution is 2.45. The van der Waals surface area contributed by atoms with Crippen molar-refractivity contribution in [3.8, 4) is 0 Å². The summed E-state index contributed by atoms with van der Waals surface area (Å²) < 4.78 is 0. The van der Waals surface area contributed by atoms with Crippen molar-refractivity contribution in [3.63, 3.8) is 0 Å². The van der Waals surface area contributed by atoms with E-state index >= 15 is 0 Å². The van der Waals surface area contributed by atoms with E-state index in [9.17, 15) is 0 Å². The molecule has 0 spiro atoms. The van der Waals surface area contributed by atoms with Gasteiger partial charge in [-0.15, -0.1) is 11.8 Å². The van der Waals surface area contributed by atoms with Gasteiger partial charge in [0.15, 0.2) is 0 Å². The van der Waals surface area contributed by atoms with E-state index in [1.54, 1.807) is 16.7 Å². The van der Waals surface area contributed by atoms with Gasteiger partial charge in [0.1, 0.15) is 0 Å². The monoisotopic (exact) mass is 233 g/mol. The molecule has 0 bridgehead atoms. The highest BCUT2D eigenvalue weighted by Gasteiger charge is 2.31. The van der Waals surface area contributed by atoms with Gasteiger partial charge in [0.25, 0.3) is 0 Å². The van der Waals surface area contributed by atoms with Gasteiger partial charge in [-0.05, 0) is 48.6 Å². The summed E-state index contributed by atoms with van der Waals surface area (Å²) >= 11 is 2.04. The summed E-state index contributed by atoms with van der Waals surface area (Å²) in [5.74, 6) is 0. The van der Waals surface area contributed by atoms with Crippen LogP contribution in [-0.4, -0.2) is 11.8 Å². The minimum Gasteiger partial charge on any atom is -0.309 e. The summed E-state index contributed by atoms with van der Waals surface area (Å²) in [5.41, 5.74) is 4.77. The minimum atomic E-state index is 0.566. The Labute approximate surface area is 102 Å². The van der Waals surface area contributed by atoms with E-state index in [1.807, 2.05) is 11.8 Å². The maximum absolute atomic E-state index is 3.62. The lowest BCUT2D eigenvalue weighted by molar-refractivity contribution is 0.552. The second-order valence-electron chi connectivity index (χ2n) is 4.87. The van der Waals surface area contributed by atoms with Gasteiger partial charge < -0.3 is 5.32 Å². The molecule has 2 unspecified atom stereocenters. The van der Waals surface area contributed by atoms with Gasteiger partial charge in [-0.1, -0.05) is 19.9 Å². The standard InChI is InChI=1S/C14H19NS/c1-3-15-14-9(2)16-13-8-11-6-4-5-10(11)7-12(13)14/h7-9,14-15H,3-6H2,1-2H3. The number of aryl methyl sites for hydroxylation is 2. The SMILES string of the molecule is CCNC1c2cc3c(cc2SC1C)CCC3. The molecule has 0 saturated carbocycles. The molecule has 0 aromatic heterocycles. The lowest BCUT2D eigenvalue weighted by Gasteiger charge is -2.17. The molecule has 1 aromatic rings. The number of rotatable bonds is 2. The van der Waals surface area contributed by atoms with E-state index in [4.69, 9.17) is 0 Å². The van der Waals surface area contributed by atoms with Gasteiger partial charge in [-0.2, -0.15) is 0 Å². The van der Waals surface area contributed by atoms with E-state index in [1.165, 1.54) is 24.2 Å². The summed E-state index contributed by atoms with van der Waals surface area (Å²) in [5, 5.41) is 4.30. The molecule has 0 fully saturated rings. The smallest absolute Gasteiger partial charge is 0.0452 e. The van der Waals surface area contributed by atoms with Crippen molar-refractivity contribution < 1.29 is 0 Å². The van der Waals surface area contributed by atoms with Crippen LogP contribution >= 0.6 is 11.8 Å². The van der Waals surface area contributed by atoms with Crippen LogP contribution in [0.25, 0.3) is 0 Å². The van der Waals surface area contributed by atoms with Crippen LogP contribution in [0.3, 0.4) is 0 Å². The van der Waals surface area contributed by atoms with Crippen LogP contribution in [0, 0.1) is 0 Å². The third-order valence-corrected chi connectivity index (χ3v) is 5.02. The zero-order chi connectivity index (χ0) is 11.1. The first-order valence-electron chi connectivity index (χ1n) is 6.35. The van der Waals surface area contributed by atoms with Crippen molar-refractivity contribution in [2.24, 2.45) is 0 Å². The van der Waals surface area contributed by atoms with Crippen LogP contribution in [0.15, 0.2) is 17.0 Å². The van der Waals surface area contributed by atoms with Crippen molar-refractivity contribution in [2.75, 3.05) is 6.54 Å². The summed E-state index contributed by atoms with van der Waals surface area (Å²) in [4.78, 5) is 1.53. The Kier molecular flexibility index (Phi) is 2.72. The molecule has 16 heavy (non-hydrogen) atoms. The van der Waals surface area contributed by atoms with E-state index in [-0.39, 0.29) is 0 Å². The van der Waals surface area contributed by atoms with Gasteiger partial charge in [-0.25, -0.2) is 0 Å². The number of thioether (sulfide) groups is 1. The molecular formula is C14H19NS.